The van der Waals surface area contributed by atoms with Gasteiger partial charge in [-0.2, -0.15) is 0 Å². The summed E-state index contributed by atoms with van der Waals surface area (Å²) in [5.41, 5.74) is 0.0369. The van der Waals surface area contributed by atoms with Crippen LogP contribution in [0, 0.1) is 17.0 Å². The van der Waals surface area contributed by atoms with Crippen LogP contribution >= 0.6 is 15.9 Å². The quantitative estimate of drug-likeness (QED) is 0.475. The SMILES string of the molecule is Cc1c(Br)cc([N+](=O)[O-])cc1C(=O)OC(C)(C)C. The molecule has 0 radical (unpaired) electrons. The number of hydrogen-bond donors (Lipinski definition) is 0. The van der Waals surface area contributed by atoms with E-state index in [-0.39, 0.29) is 11.3 Å². The molecule has 0 atom stereocenters. The van der Waals surface area contributed by atoms with Gasteiger partial charge >= 0.3 is 5.97 Å². The fraction of sp³-hybridized carbons (Fsp3) is 0.417. The van der Waals surface area contributed by atoms with E-state index in [9.17, 15) is 14.9 Å². The molecule has 0 N–H and O–H groups in total. The summed E-state index contributed by atoms with van der Waals surface area (Å²) in [6.07, 6.45) is 0. The molecule has 0 spiro atoms. The second-order valence-electron chi connectivity index (χ2n) is 4.86. The molecule has 0 heterocycles. The highest BCUT2D eigenvalue weighted by atomic mass is 79.9. The van der Waals surface area contributed by atoms with Crippen LogP contribution in [0.4, 0.5) is 5.69 Å². The number of ether oxygens (including phenoxy) is 1. The van der Waals surface area contributed by atoms with E-state index in [1.165, 1.54) is 12.1 Å². The molecular weight excluding hydrogens is 302 g/mol. The number of benzene rings is 1. The molecule has 5 nitrogen and oxygen atoms in total. The van der Waals surface area contributed by atoms with Gasteiger partial charge in [0.15, 0.2) is 0 Å². The van der Waals surface area contributed by atoms with Crippen LogP contribution in [-0.4, -0.2) is 16.5 Å². The number of non-ortho nitro benzene ring substituents is 1. The number of halogens is 1. The number of nitro benzene ring substituents is 1. The van der Waals surface area contributed by atoms with Gasteiger partial charge in [0, 0.05) is 16.6 Å². The maximum Gasteiger partial charge on any atom is 0.339 e. The third-order valence-electron chi connectivity index (χ3n) is 2.16. The molecule has 1 aromatic carbocycles. The summed E-state index contributed by atoms with van der Waals surface area (Å²) in [5.74, 6) is -0.565. The van der Waals surface area contributed by atoms with Crippen molar-refractivity contribution < 1.29 is 14.5 Å². The molecule has 0 saturated heterocycles. The molecule has 0 aliphatic carbocycles. The summed E-state index contributed by atoms with van der Waals surface area (Å²) in [6, 6.07) is 2.59. The minimum Gasteiger partial charge on any atom is -0.456 e. The van der Waals surface area contributed by atoms with E-state index in [0.717, 1.165) is 0 Å². The Bertz CT molecular complexity index is 506. The lowest BCUT2D eigenvalue weighted by Gasteiger charge is -2.20. The first-order valence-corrected chi connectivity index (χ1v) is 6.09. The van der Waals surface area contributed by atoms with Gasteiger partial charge in [0.1, 0.15) is 5.60 Å². The first-order valence-electron chi connectivity index (χ1n) is 5.29. The number of nitrogens with zero attached hydrogens (tertiary/aromatic N) is 1. The Labute approximate surface area is 113 Å². The lowest BCUT2D eigenvalue weighted by atomic mass is 10.1. The Morgan fingerprint density at radius 2 is 1.94 bits per heavy atom. The fourth-order valence-electron chi connectivity index (χ4n) is 1.32. The molecule has 0 aliphatic heterocycles. The van der Waals surface area contributed by atoms with Crippen molar-refractivity contribution >= 4 is 27.6 Å². The van der Waals surface area contributed by atoms with Crippen molar-refractivity contribution in [3.8, 4) is 0 Å². The largest absolute Gasteiger partial charge is 0.456 e. The summed E-state index contributed by atoms with van der Waals surface area (Å²) < 4.78 is 5.72. The van der Waals surface area contributed by atoms with Crippen LogP contribution in [0.3, 0.4) is 0 Å². The molecule has 0 fully saturated rings. The molecule has 1 aromatic rings. The van der Waals surface area contributed by atoms with Gasteiger partial charge in [-0.3, -0.25) is 10.1 Å². The van der Waals surface area contributed by atoms with Crippen molar-refractivity contribution in [1.82, 2.24) is 0 Å². The van der Waals surface area contributed by atoms with Crippen molar-refractivity contribution in [3.63, 3.8) is 0 Å². The lowest BCUT2D eigenvalue weighted by molar-refractivity contribution is -0.385. The van der Waals surface area contributed by atoms with Gasteiger partial charge in [-0.15, -0.1) is 0 Å². The van der Waals surface area contributed by atoms with Crippen LogP contribution in [-0.2, 0) is 4.74 Å². The molecule has 0 aliphatic rings. The van der Waals surface area contributed by atoms with Crippen LogP contribution in [0.1, 0.15) is 36.7 Å². The van der Waals surface area contributed by atoms with Crippen molar-refractivity contribution in [3.05, 3.63) is 37.8 Å². The van der Waals surface area contributed by atoms with E-state index in [1.807, 2.05) is 0 Å². The molecule has 0 amide bonds. The Morgan fingerprint density at radius 3 is 2.39 bits per heavy atom. The summed E-state index contributed by atoms with van der Waals surface area (Å²) in [6.45, 7) is 6.93. The van der Waals surface area contributed by atoms with Gasteiger partial charge < -0.3 is 4.74 Å². The number of nitro groups is 1. The van der Waals surface area contributed by atoms with E-state index in [0.29, 0.717) is 10.0 Å². The van der Waals surface area contributed by atoms with E-state index < -0.39 is 16.5 Å². The molecule has 1 rings (SSSR count). The molecule has 0 aromatic heterocycles. The number of esters is 1. The van der Waals surface area contributed by atoms with Crippen LogP contribution < -0.4 is 0 Å². The Morgan fingerprint density at radius 1 is 1.39 bits per heavy atom. The van der Waals surface area contributed by atoms with Crippen molar-refractivity contribution in [1.29, 1.82) is 0 Å². The van der Waals surface area contributed by atoms with Crippen LogP contribution in [0.15, 0.2) is 16.6 Å². The zero-order valence-corrected chi connectivity index (χ0v) is 12.2. The zero-order valence-electron chi connectivity index (χ0n) is 10.6. The maximum absolute atomic E-state index is 11.9. The van der Waals surface area contributed by atoms with Crippen LogP contribution in [0.2, 0.25) is 0 Å². The molecule has 98 valence electrons. The van der Waals surface area contributed by atoms with Crippen molar-refractivity contribution in [2.75, 3.05) is 0 Å². The summed E-state index contributed by atoms with van der Waals surface area (Å²) >= 11 is 3.20. The molecular formula is C12H14BrNO4. The van der Waals surface area contributed by atoms with Gasteiger partial charge in [0.05, 0.1) is 10.5 Å². The van der Waals surface area contributed by atoms with Crippen LogP contribution in [0.5, 0.6) is 0 Å². The topological polar surface area (TPSA) is 69.4 Å². The number of carbonyl (C=O) groups is 1. The van der Waals surface area contributed by atoms with Gasteiger partial charge in [0.25, 0.3) is 5.69 Å². The van der Waals surface area contributed by atoms with E-state index in [4.69, 9.17) is 4.74 Å². The summed E-state index contributed by atoms with van der Waals surface area (Å²) in [7, 11) is 0. The highest BCUT2D eigenvalue weighted by molar-refractivity contribution is 9.10. The first kappa shape index (κ1) is 14.6. The lowest BCUT2D eigenvalue weighted by Crippen LogP contribution is -2.24. The summed E-state index contributed by atoms with van der Waals surface area (Å²) in [4.78, 5) is 22.2. The predicted molar refractivity (Wildman–Crippen MR) is 70.7 cm³/mol. The molecule has 0 saturated carbocycles. The third-order valence-corrected chi connectivity index (χ3v) is 2.98. The predicted octanol–water partition coefficient (Wildman–Crippen LogP) is 3.62. The zero-order chi connectivity index (χ0) is 14.1. The number of carbonyl (C=O) groups excluding carboxylic acids is 1. The van der Waals surface area contributed by atoms with Gasteiger partial charge in [-0.05, 0) is 33.3 Å². The first-order chi connectivity index (χ1) is 8.11. The average Bonchev–Trinajstić information content (AvgIpc) is 2.18. The monoisotopic (exact) mass is 315 g/mol. The Kier molecular flexibility index (Phi) is 4.11. The minimum atomic E-state index is -0.638. The minimum absolute atomic E-state index is 0.145. The fourth-order valence-corrected chi connectivity index (χ4v) is 1.76. The second-order valence-corrected chi connectivity index (χ2v) is 5.71. The Hall–Kier alpha value is -1.43. The highest BCUT2D eigenvalue weighted by Crippen LogP contribution is 2.27. The van der Waals surface area contributed by atoms with Crippen molar-refractivity contribution in [2.45, 2.75) is 33.3 Å². The standard InChI is InChI=1S/C12H14BrNO4/c1-7-9(11(15)18-12(2,3)4)5-8(14(16)17)6-10(7)13/h5-6H,1-4H3. The average molecular weight is 316 g/mol. The molecule has 18 heavy (non-hydrogen) atoms. The van der Waals surface area contributed by atoms with Gasteiger partial charge in [-0.1, -0.05) is 15.9 Å². The molecule has 0 bridgehead atoms. The van der Waals surface area contributed by atoms with E-state index in [1.54, 1.807) is 27.7 Å². The summed E-state index contributed by atoms with van der Waals surface area (Å²) in [5, 5.41) is 10.8. The molecule has 6 heteroatoms. The smallest absolute Gasteiger partial charge is 0.339 e. The van der Waals surface area contributed by atoms with E-state index >= 15 is 0 Å². The number of hydrogen-bond acceptors (Lipinski definition) is 4. The molecule has 0 unspecified atom stereocenters. The normalized spacial score (nSPS) is 11.2. The van der Waals surface area contributed by atoms with Gasteiger partial charge in [-0.25, -0.2) is 4.79 Å². The Balaban J connectivity index is 3.23. The third kappa shape index (κ3) is 3.53. The van der Waals surface area contributed by atoms with Crippen molar-refractivity contribution in [2.24, 2.45) is 0 Å². The highest BCUT2D eigenvalue weighted by Gasteiger charge is 2.23. The van der Waals surface area contributed by atoms with Crippen LogP contribution in [0.25, 0.3) is 0 Å². The van der Waals surface area contributed by atoms with Gasteiger partial charge in [0.2, 0.25) is 0 Å². The number of rotatable bonds is 2. The maximum atomic E-state index is 11.9. The van der Waals surface area contributed by atoms with E-state index in [2.05, 4.69) is 15.9 Å². The second kappa shape index (κ2) is 5.06.